The fraction of sp³-hybridized carbons (Fsp3) is 0.471. The normalized spacial score (nSPS) is 13.4. The summed E-state index contributed by atoms with van der Waals surface area (Å²) in [4.78, 5) is 35.2. The van der Waals surface area contributed by atoms with E-state index in [4.69, 9.17) is 4.74 Å². The number of aliphatic carboxylic acids is 1. The highest BCUT2D eigenvalue weighted by Crippen LogP contribution is 2.07. The van der Waals surface area contributed by atoms with Gasteiger partial charge < -0.3 is 25.6 Å². The maximum absolute atomic E-state index is 12.2. The quantitative estimate of drug-likeness (QED) is 0.572. The largest absolute Gasteiger partial charge is 0.480 e. The van der Waals surface area contributed by atoms with Crippen LogP contribution in [0.1, 0.15) is 26.3 Å². The highest BCUT2D eigenvalue weighted by atomic mass is 16.6. The molecule has 0 aliphatic rings. The second-order valence-electron chi connectivity index (χ2n) is 6.47. The third-order valence-electron chi connectivity index (χ3n) is 3.09. The van der Waals surface area contributed by atoms with E-state index in [-0.39, 0.29) is 6.42 Å². The van der Waals surface area contributed by atoms with Crippen molar-refractivity contribution in [3.05, 3.63) is 35.9 Å². The average Bonchev–Trinajstić information content (AvgIpc) is 2.51. The van der Waals surface area contributed by atoms with Crippen molar-refractivity contribution in [3.63, 3.8) is 0 Å². The van der Waals surface area contributed by atoms with Crippen molar-refractivity contribution in [2.45, 2.75) is 44.9 Å². The van der Waals surface area contributed by atoms with Crippen LogP contribution in [0.2, 0.25) is 0 Å². The number of aliphatic hydroxyl groups is 1. The van der Waals surface area contributed by atoms with E-state index in [9.17, 15) is 24.6 Å². The number of amides is 2. The smallest absolute Gasteiger partial charge is 0.408 e. The van der Waals surface area contributed by atoms with E-state index in [0.717, 1.165) is 5.56 Å². The summed E-state index contributed by atoms with van der Waals surface area (Å²) in [6.45, 7) is 4.27. The first-order valence-electron chi connectivity index (χ1n) is 7.80. The molecule has 0 aliphatic carbocycles. The van der Waals surface area contributed by atoms with Crippen molar-refractivity contribution in [2.75, 3.05) is 6.61 Å². The van der Waals surface area contributed by atoms with E-state index < -0.39 is 42.3 Å². The minimum Gasteiger partial charge on any atom is -0.480 e. The molecule has 0 aromatic heterocycles. The third kappa shape index (κ3) is 7.67. The molecule has 2 atom stereocenters. The zero-order chi connectivity index (χ0) is 19.0. The SMILES string of the molecule is CC(C)(C)OC(=O)NC(CO)C(=O)N[C@@H](Cc1ccccc1)C(=O)O. The summed E-state index contributed by atoms with van der Waals surface area (Å²) in [6.07, 6.45) is -0.802. The molecule has 0 radical (unpaired) electrons. The molecule has 0 aliphatic heterocycles. The van der Waals surface area contributed by atoms with Crippen LogP contribution < -0.4 is 10.6 Å². The van der Waals surface area contributed by atoms with Crippen molar-refractivity contribution in [3.8, 4) is 0 Å². The Hall–Kier alpha value is -2.61. The van der Waals surface area contributed by atoms with Gasteiger partial charge in [0.2, 0.25) is 5.91 Å². The molecule has 138 valence electrons. The number of hydrogen-bond acceptors (Lipinski definition) is 5. The number of carboxylic acids is 1. The zero-order valence-electron chi connectivity index (χ0n) is 14.5. The lowest BCUT2D eigenvalue weighted by Crippen LogP contribution is -2.54. The lowest BCUT2D eigenvalue weighted by atomic mass is 10.1. The molecule has 25 heavy (non-hydrogen) atoms. The molecular formula is C17H24N2O6. The summed E-state index contributed by atoms with van der Waals surface area (Å²) < 4.78 is 5.01. The van der Waals surface area contributed by atoms with E-state index in [1.807, 2.05) is 0 Å². The van der Waals surface area contributed by atoms with Gasteiger partial charge in [0.25, 0.3) is 0 Å². The molecule has 1 aromatic rings. The highest BCUT2D eigenvalue weighted by Gasteiger charge is 2.27. The van der Waals surface area contributed by atoms with Crippen LogP contribution in [0.4, 0.5) is 4.79 Å². The van der Waals surface area contributed by atoms with Crippen LogP contribution in [-0.4, -0.2) is 52.5 Å². The van der Waals surface area contributed by atoms with Crippen LogP contribution in [0, 0.1) is 0 Å². The molecule has 0 bridgehead atoms. The maximum Gasteiger partial charge on any atom is 0.408 e. The molecule has 1 unspecified atom stereocenters. The Balaban J connectivity index is 2.70. The van der Waals surface area contributed by atoms with Gasteiger partial charge in [-0.2, -0.15) is 0 Å². The van der Waals surface area contributed by atoms with Gasteiger partial charge in [-0.1, -0.05) is 30.3 Å². The average molecular weight is 352 g/mol. The van der Waals surface area contributed by atoms with Gasteiger partial charge in [-0.3, -0.25) is 4.79 Å². The van der Waals surface area contributed by atoms with Crippen LogP contribution in [-0.2, 0) is 20.7 Å². The lowest BCUT2D eigenvalue weighted by Gasteiger charge is -2.23. The van der Waals surface area contributed by atoms with E-state index in [1.54, 1.807) is 51.1 Å². The Morgan fingerprint density at radius 3 is 2.16 bits per heavy atom. The number of alkyl carbamates (subject to hydrolysis) is 1. The van der Waals surface area contributed by atoms with Gasteiger partial charge in [-0.25, -0.2) is 9.59 Å². The molecule has 4 N–H and O–H groups in total. The highest BCUT2D eigenvalue weighted by molar-refractivity contribution is 5.89. The summed E-state index contributed by atoms with van der Waals surface area (Å²) >= 11 is 0. The van der Waals surface area contributed by atoms with Crippen molar-refractivity contribution < 1.29 is 29.3 Å². The molecule has 0 saturated carbocycles. The van der Waals surface area contributed by atoms with Crippen LogP contribution in [0.15, 0.2) is 30.3 Å². The fourth-order valence-corrected chi connectivity index (χ4v) is 1.97. The summed E-state index contributed by atoms with van der Waals surface area (Å²) in [5, 5.41) is 23.1. The monoisotopic (exact) mass is 352 g/mol. The number of carbonyl (C=O) groups excluding carboxylic acids is 2. The number of aliphatic hydroxyl groups excluding tert-OH is 1. The molecule has 2 amide bonds. The summed E-state index contributed by atoms with van der Waals surface area (Å²) in [7, 11) is 0. The number of ether oxygens (including phenoxy) is 1. The van der Waals surface area contributed by atoms with Crippen molar-refractivity contribution in [2.24, 2.45) is 0 Å². The minimum absolute atomic E-state index is 0.0759. The first-order valence-corrected chi connectivity index (χ1v) is 7.80. The number of benzene rings is 1. The molecule has 0 heterocycles. The molecule has 0 fully saturated rings. The van der Waals surface area contributed by atoms with Gasteiger partial charge >= 0.3 is 12.1 Å². The Kier molecular flexibility index (Phi) is 7.38. The lowest BCUT2D eigenvalue weighted by molar-refractivity contribution is -0.142. The molecule has 0 spiro atoms. The Bertz CT molecular complexity index is 597. The minimum atomic E-state index is -1.31. The van der Waals surface area contributed by atoms with Gasteiger partial charge in [0.05, 0.1) is 6.61 Å². The van der Waals surface area contributed by atoms with E-state index in [0.29, 0.717) is 0 Å². The van der Waals surface area contributed by atoms with E-state index in [1.165, 1.54) is 0 Å². The molecule has 0 saturated heterocycles. The maximum atomic E-state index is 12.2. The van der Waals surface area contributed by atoms with Crippen LogP contribution in [0.25, 0.3) is 0 Å². The Labute approximate surface area is 146 Å². The van der Waals surface area contributed by atoms with E-state index >= 15 is 0 Å². The summed E-state index contributed by atoms with van der Waals surface area (Å²) in [5.41, 5.74) is -0.0341. The van der Waals surface area contributed by atoms with Crippen molar-refractivity contribution >= 4 is 18.0 Å². The predicted molar refractivity (Wildman–Crippen MR) is 90.0 cm³/mol. The molecule has 1 rings (SSSR count). The van der Waals surface area contributed by atoms with Crippen LogP contribution >= 0.6 is 0 Å². The van der Waals surface area contributed by atoms with Gasteiger partial charge in [-0.15, -0.1) is 0 Å². The number of carboxylic acid groups (broad SMARTS) is 1. The van der Waals surface area contributed by atoms with Gasteiger partial charge in [0.15, 0.2) is 0 Å². The number of nitrogens with one attached hydrogen (secondary N) is 2. The van der Waals surface area contributed by atoms with E-state index in [2.05, 4.69) is 10.6 Å². The van der Waals surface area contributed by atoms with Gasteiger partial charge in [0, 0.05) is 6.42 Å². The second-order valence-corrected chi connectivity index (χ2v) is 6.47. The second kappa shape index (κ2) is 9.03. The standard InChI is InChI=1S/C17H24N2O6/c1-17(2,3)25-16(24)19-13(10-20)14(21)18-12(15(22)23)9-11-7-5-4-6-8-11/h4-8,12-13,20H,9-10H2,1-3H3,(H,18,21)(H,19,24)(H,22,23)/t12-,13?/m0/s1. The number of hydrogen-bond donors (Lipinski definition) is 4. The van der Waals surface area contributed by atoms with Crippen LogP contribution in [0.3, 0.4) is 0 Å². The van der Waals surface area contributed by atoms with Gasteiger partial charge in [-0.05, 0) is 26.3 Å². The first kappa shape index (κ1) is 20.4. The Morgan fingerprint density at radius 1 is 1.08 bits per heavy atom. The summed E-state index contributed by atoms with van der Waals surface area (Å²) in [5.74, 6) is -2.03. The fourth-order valence-electron chi connectivity index (χ4n) is 1.97. The zero-order valence-corrected chi connectivity index (χ0v) is 14.5. The number of carbonyl (C=O) groups is 3. The number of rotatable bonds is 7. The van der Waals surface area contributed by atoms with Gasteiger partial charge in [0.1, 0.15) is 17.7 Å². The molecule has 8 heteroatoms. The van der Waals surface area contributed by atoms with Crippen LogP contribution in [0.5, 0.6) is 0 Å². The van der Waals surface area contributed by atoms with Crippen molar-refractivity contribution in [1.29, 1.82) is 0 Å². The predicted octanol–water partition coefficient (Wildman–Crippen LogP) is 0.684. The topological polar surface area (TPSA) is 125 Å². The first-order chi connectivity index (χ1) is 11.6. The van der Waals surface area contributed by atoms with Crippen molar-refractivity contribution in [1.82, 2.24) is 10.6 Å². The third-order valence-corrected chi connectivity index (χ3v) is 3.09. The molecule has 1 aromatic carbocycles. The Morgan fingerprint density at radius 2 is 1.68 bits per heavy atom. The molecular weight excluding hydrogens is 328 g/mol. The summed E-state index contributed by atoms with van der Waals surface area (Å²) in [6, 6.07) is 6.30. The molecule has 8 nitrogen and oxygen atoms in total.